The molecule has 0 aromatic heterocycles. The number of fused-ring (bicyclic) bond motifs is 1. The van der Waals surface area contributed by atoms with Crippen LogP contribution in [0, 0.1) is 17.3 Å². The molecule has 3 fully saturated rings. The molecule has 0 N–H and O–H groups in total. The van der Waals surface area contributed by atoms with E-state index < -0.39 is 5.41 Å². The maximum Gasteiger partial charge on any atom is 0.311 e. The van der Waals surface area contributed by atoms with Crippen molar-refractivity contribution in [3.8, 4) is 5.75 Å². The summed E-state index contributed by atoms with van der Waals surface area (Å²) in [5, 5.41) is 0. The molecule has 1 aromatic rings. The Balaban J connectivity index is 1.27. The summed E-state index contributed by atoms with van der Waals surface area (Å²) in [6.07, 6.45) is 8.04. The molecule has 10 heteroatoms. The molecule has 3 saturated heterocycles. The Morgan fingerprint density at radius 2 is 1.58 bits per heavy atom. The Hall–Kier alpha value is -2.76. The van der Waals surface area contributed by atoms with E-state index >= 15 is 0 Å². The Morgan fingerprint density at radius 1 is 0.860 bits per heavy atom. The molecule has 11 atom stereocenters. The Morgan fingerprint density at radius 3 is 2.26 bits per heavy atom. The van der Waals surface area contributed by atoms with Gasteiger partial charge in [0.05, 0.1) is 80.7 Å². The van der Waals surface area contributed by atoms with Crippen LogP contribution in [0.5, 0.6) is 5.75 Å². The van der Waals surface area contributed by atoms with E-state index in [1.807, 2.05) is 52.0 Å². The molecule has 0 amide bonds. The van der Waals surface area contributed by atoms with Crippen LogP contribution in [0.4, 0.5) is 0 Å². The van der Waals surface area contributed by atoms with Crippen LogP contribution in [0.15, 0.2) is 47.6 Å². The van der Waals surface area contributed by atoms with Crippen molar-refractivity contribution in [2.24, 2.45) is 17.3 Å². The van der Waals surface area contributed by atoms with Gasteiger partial charge in [-0.1, -0.05) is 58.4 Å². The minimum Gasteiger partial charge on any atom is -0.497 e. The molecule has 0 saturated carbocycles. The second-order valence-electron chi connectivity index (χ2n) is 18.1. The zero-order valence-corrected chi connectivity index (χ0v) is 36.3. The largest absolute Gasteiger partial charge is 0.497 e. The second-order valence-corrected chi connectivity index (χ2v) is 18.1. The van der Waals surface area contributed by atoms with E-state index in [9.17, 15) is 9.59 Å². The number of hydrogen-bond acceptors (Lipinski definition) is 10. The van der Waals surface area contributed by atoms with Gasteiger partial charge >= 0.3 is 11.9 Å². The molecule has 5 rings (SSSR count). The molecule has 4 unspecified atom stereocenters. The number of methoxy groups -OCH3 is 1. The normalized spacial score (nSPS) is 31.9. The highest BCUT2D eigenvalue weighted by Crippen LogP contribution is 2.43. The SMILES string of the molecule is C=C1C[C@H](CCCOC(=O)C(C)(C)C)OC1CC[C@H]1CC(C)=C(COC(=O)CC)C(C[C@@H]2OC3CC(C)[C@@H](CCC)O[C@H]3[C@H](C)[C@H]2OCc2ccc(OC)cc2)O1. The first-order valence-corrected chi connectivity index (χ1v) is 21.8. The lowest BCUT2D eigenvalue weighted by Gasteiger charge is -2.51. The summed E-state index contributed by atoms with van der Waals surface area (Å²) in [6, 6.07) is 8.00. The molecule has 10 nitrogen and oxygen atoms in total. The van der Waals surface area contributed by atoms with E-state index in [2.05, 4.69) is 34.3 Å². The minimum absolute atomic E-state index is 0.0341. The first-order chi connectivity index (χ1) is 27.2. The molecule has 0 radical (unpaired) electrons. The summed E-state index contributed by atoms with van der Waals surface area (Å²) >= 11 is 0. The first kappa shape index (κ1) is 45.3. The second kappa shape index (κ2) is 21.0. The zero-order valence-electron chi connectivity index (χ0n) is 36.3. The molecule has 4 heterocycles. The number of ether oxygens (including phenoxy) is 8. The van der Waals surface area contributed by atoms with Gasteiger partial charge < -0.3 is 37.9 Å². The molecule has 0 bridgehead atoms. The summed E-state index contributed by atoms with van der Waals surface area (Å²) in [7, 11) is 1.67. The summed E-state index contributed by atoms with van der Waals surface area (Å²) < 4.78 is 50.8. The number of carbonyl (C=O) groups is 2. The molecule has 4 aliphatic rings. The highest BCUT2D eigenvalue weighted by molar-refractivity contribution is 5.75. The fraction of sp³-hybridized carbons (Fsp3) is 0.745. The zero-order chi connectivity index (χ0) is 41.3. The van der Waals surface area contributed by atoms with E-state index in [0.717, 1.165) is 80.2 Å². The van der Waals surface area contributed by atoms with Crippen LogP contribution in [0.1, 0.15) is 132 Å². The monoisotopic (exact) mass is 797 g/mol. The van der Waals surface area contributed by atoms with Crippen LogP contribution < -0.4 is 4.74 Å². The highest BCUT2D eigenvalue weighted by atomic mass is 16.6. The topological polar surface area (TPSA) is 108 Å². The number of carbonyl (C=O) groups excluding carboxylic acids is 2. The van der Waals surface area contributed by atoms with Crippen molar-refractivity contribution in [3.63, 3.8) is 0 Å². The van der Waals surface area contributed by atoms with Gasteiger partial charge in [-0.25, -0.2) is 0 Å². The average Bonchev–Trinajstić information content (AvgIpc) is 3.53. The number of hydrogen-bond donors (Lipinski definition) is 0. The number of rotatable bonds is 18. The smallest absolute Gasteiger partial charge is 0.311 e. The maximum atomic E-state index is 12.4. The van der Waals surface area contributed by atoms with Crippen LogP contribution in [0.25, 0.3) is 0 Å². The highest BCUT2D eigenvalue weighted by Gasteiger charge is 2.50. The summed E-state index contributed by atoms with van der Waals surface area (Å²) in [4.78, 5) is 24.6. The van der Waals surface area contributed by atoms with Gasteiger partial charge in [-0.05, 0) is 114 Å². The van der Waals surface area contributed by atoms with E-state index in [0.29, 0.717) is 32.0 Å². The third-order valence-corrected chi connectivity index (χ3v) is 12.4. The maximum absolute atomic E-state index is 12.4. The minimum atomic E-state index is -0.503. The van der Waals surface area contributed by atoms with Gasteiger partial charge in [0.2, 0.25) is 0 Å². The van der Waals surface area contributed by atoms with Crippen molar-refractivity contribution in [2.75, 3.05) is 20.3 Å². The molecule has 320 valence electrons. The van der Waals surface area contributed by atoms with Gasteiger partial charge in [0.15, 0.2) is 0 Å². The van der Waals surface area contributed by atoms with Crippen LogP contribution in [-0.2, 0) is 49.4 Å². The van der Waals surface area contributed by atoms with Gasteiger partial charge in [0, 0.05) is 18.8 Å². The fourth-order valence-corrected chi connectivity index (χ4v) is 8.94. The van der Waals surface area contributed by atoms with Gasteiger partial charge in [0.1, 0.15) is 12.4 Å². The van der Waals surface area contributed by atoms with Crippen LogP contribution in [0.2, 0.25) is 0 Å². The molecular formula is C47H72O10. The lowest BCUT2D eigenvalue weighted by atomic mass is 9.78. The Kier molecular flexibility index (Phi) is 16.7. The summed E-state index contributed by atoms with van der Waals surface area (Å²) in [6.45, 7) is 21.7. The van der Waals surface area contributed by atoms with E-state index in [-0.39, 0.29) is 79.4 Å². The quantitative estimate of drug-likeness (QED) is 0.0811. The average molecular weight is 797 g/mol. The van der Waals surface area contributed by atoms with Crippen molar-refractivity contribution in [1.29, 1.82) is 0 Å². The molecule has 57 heavy (non-hydrogen) atoms. The third kappa shape index (κ3) is 12.4. The Labute approximate surface area is 342 Å². The van der Waals surface area contributed by atoms with Crippen molar-refractivity contribution in [1.82, 2.24) is 0 Å². The van der Waals surface area contributed by atoms with E-state index in [4.69, 9.17) is 37.9 Å². The van der Waals surface area contributed by atoms with E-state index in [1.54, 1.807) is 7.11 Å². The summed E-state index contributed by atoms with van der Waals surface area (Å²) in [5.41, 5.74) is 3.88. The van der Waals surface area contributed by atoms with Gasteiger partial charge in [-0.15, -0.1) is 0 Å². The first-order valence-electron chi connectivity index (χ1n) is 21.8. The predicted octanol–water partition coefficient (Wildman–Crippen LogP) is 9.26. The predicted molar refractivity (Wildman–Crippen MR) is 220 cm³/mol. The van der Waals surface area contributed by atoms with Crippen LogP contribution in [0.3, 0.4) is 0 Å². The Bertz CT molecular complexity index is 1500. The summed E-state index contributed by atoms with van der Waals surface area (Å²) in [5.74, 6) is 0.894. The third-order valence-electron chi connectivity index (χ3n) is 12.4. The van der Waals surface area contributed by atoms with Crippen LogP contribution in [-0.4, -0.2) is 87.2 Å². The lowest BCUT2D eigenvalue weighted by molar-refractivity contribution is -0.269. The molecule has 0 aliphatic carbocycles. The molecular weight excluding hydrogens is 725 g/mol. The van der Waals surface area contributed by atoms with Crippen molar-refractivity contribution < 1.29 is 47.5 Å². The van der Waals surface area contributed by atoms with Gasteiger partial charge in [-0.3, -0.25) is 9.59 Å². The van der Waals surface area contributed by atoms with Gasteiger partial charge in [-0.2, -0.15) is 0 Å². The van der Waals surface area contributed by atoms with Crippen molar-refractivity contribution >= 4 is 11.9 Å². The molecule has 4 aliphatic heterocycles. The van der Waals surface area contributed by atoms with Gasteiger partial charge in [0.25, 0.3) is 0 Å². The molecule has 1 aromatic carbocycles. The van der Waals surface area contributed by atoms with E-state index in [1.165, 1.54) is 5.57 Å². The lowest BCUT2D eigenvalue weighted by Crippen LogP contribution is -2.59. The molecule has 0 spiro atoms. The van der Waals surface area contributed by atoms with Crippen molar-refractivity contribution in [2.45, 2.75) is 188 Å². The van der Waals surface area contributed by atoms with Crippen LogP contribution >= 0.6 is 0 Å². The number of benzene rings is 1. The fourth-order valence-electron chi connectivity index (χ4n) is 8.94. The van der Waals surface area contributed by atoms with Crippen molar-refractivity contribution in [3.05, 3.63) is 53.1 Å². The number of esters is 2. The standard InChI is InChI=1S/C47H72O10/c1-11-14-38-31(5)25-41-45(57-38)32(6)44(53-27-33-16-18-34(50-10)19-17-33)42(56-41)26-40-37(28-52-43(48)12-2)29(3)23-36(55-40)20-21-39-30(4)24-35(54-39)15-13-22-51-46(49)47(7,8)9/h16-19,31-32,35-36,38-42,44-45H,4,11-15,20-28H2,1-3,5-10H3/t31?,32-,35+,36+,38-,39?,40?,41?,42+,44-,45+/m1/s1.